The van der Waals surface area contributed by atoms with Crippen molar-refractivity contribution in [2.45, 2.75) is 32.4 Å². The summed E-state index contributed by atoms with van der Waals surface area (Å²) >= 11 is 8.72. The van der Waals surface area contributed by atoms with Gasteiger partial charge in [-0.3, -0.25) is 0 Å². The molecule has 21 heavy (non-hydrogen) atoms. The van der Waals surface area contributed by atoms with E-state index < -0.39 is 23.7 Å². The van der Waals surface area contributed by atoms with Crippen molar-refractivity contribution in [1.29, 1.82) is 0 Å². The number of ether oxygens (including phenoxy) is 2. The minimum Gasteiger partial charge on any atom is -0.448 e. The molecule has 0 bridgehead atoms. The van der Waals surface area contributed by atoms with E-state index in [9.17, 15) is 9.59 Å². The molecule has 0 spiro atoms. The summed E-state index contributed by atoms with van der Waals surface area (Å²) in [5.41, 5.74) is -0.104. The lowest BCUT2D eigenvalue weighted by atomic mass is 10.1. The highest BCUT2D eigenvalue weighted by molar-refractivity contribution is 9.10. The number of esters is 1. The molecule has 0 saturated carbocycles. The summed E-state index contributed by atoms with van der Waals surface area (Å²) in [6.07, 6.45) is -0.709. The molecular formula is C14H17BrClNO4. The van der Waals surface area contributed by atoms with E-state index in [0.717, 1.165) is 4.47 Å². The Labute approximate surface area is 137 Å². The molecule has 1 N–H and O–H groups in total. The van der Waals surface area contributed by atoms with E-state index in [1.807, 2.05) is 0 Å². The topological polar surface area (TPSA) is 64.6 Å². The monoisotopic (exact) mass is 377 g/mol. The smallest absolute Gasteiger partial charge is 0.408 e. The lowest BCUT2D eigenvalue weighted by Gasteiger charge is -2.23. The predicted octanol–water partition coefficient (Wildman–Crippen LogP) is 3.75. The Hall–Kier alpha value is -1.27. The number of alkyl carbamates (subject to hydrolysis) is 1. The van der Waals surface area contributed by atoms with Crippen molar-refractivity contribution in [2.24, 2.45) is 0 Å². The number of carbonyl (C=O) groups excluding carboxylic acids is 2. The molecule has 5 nitrogen and oxygen atoms in total. The van der Waals surface area contributed by atoms with E-state index in [1.54, 1.807) is 45.0 Å². The van der Waals surface area contributed by atoms with Gasteiger partial charge in [0.25, 0.3) is 0 Å². The van der Waals surface area contributed by atoms with Crippen molar-refractivity contribution < 1.29 is 19.1 Å². The minimum atomic E-state index is -0.990. The Kier molecular flexibility index (Phi) is 6.48. The third-order valence-corrected chi connectivity index (χ3v) is 2.88. The fourth-order valence-corrected chi connectivity index (χ4v) is 2.05. The Bertz CT molecular complexity index is 516. The zero-order chi connectivity index (χ0) is 16.0. The largest absolute Gasteiger partial charge is 0.448 e. The van der Waals surface area contributed by atoms with Gasteiger partial charge in [-0.2, -0.15) is 0 Å². The number of alkyl halides is 1. The summed E-state index contributed by atoms with van der Waals surface area (Å²) in [7, 11) is 0. The molecule has 7 heteroatoms. The number of carbonyl (C=O) groups is 2. The SMILES string of the molecule is CC(C)(C)OC(=O)NC(C(=O)OCCl)c1cccc(Br)c1. The van der Waals surface area contributed by atoms with E-state index >= 15 is 0 Å². The number of hydrogen-bond donors (Lipinski definition) is 1. The first-order valence-corrected chi connectivity index (χ1v) is 7.53. The van der Waals surface area contributed by atoms with E-state index in [0.29, 0.717) is 5.56 Å². The van der Waals surface area contributed by atoms with Gasteiger partial charge in [0.2, 0.25) is 0 Å². The van der Waals surface area contributed by atoms with Crippen molar-refractivity contribution in [1.82, 2.24) is 5.32 Å². The van der Waals surface area contributed by atoms with E-state index in [-0.39, 0.29) is 6.07 Å². The van der Waals surface area contributed by atoms with Crippen LogP contribution < -0.4 is 5.32 Å². The van der Waals surface area contributed by atoms with E-state index in [2.05, 4.69) is 21.2 Å². The average molecular weight is 379 g/mol. The second-order valence-corrected chi connectivity index (χ2v) is 6.34. The molecular weight excluding hydrogens is 362 g/mol. The lowest BCUT2D eigenvalue weighted by Crippen LogP contribution is -2.38. The van der Waals surface area contributed by atoms with Gasteiger partial charge in [-0.1, -0.05) is 39.7 Å². The average Bonchev–Trinajstić information content (AvgIpc) is 2.34. The fraction of sp³-hybridized carbons (Fsp3) is 0.429. The molecule has 0 aromatic heterocycles. The molecule has 1 aromatic rings. The third kappa shape index (κ3) is 6.35. The second kappa shape index (κ2) is 7.66. The van der Waals surface area contributed by atoms with Crippen LogP contribution in [0.3, 0.4) is 0 Å². The molecule has 1 rings (SSSR count). The second-order valence-electron chi connectivity index (χ2n) is 5.21. The molecule has 0 aliphatic rings. The zero-order valence-corrected chi connectivity index (χ0v) is 14.3. The van der Waals surface area contributed by atoms with Crippen LogP contribution in [0.15, 0.2) is 28.7 Å². The quantitative estimate of drug-likeness (QED) is 0.640. The lowest BCUT2D eigenvalue weighted by molar-refractivity contribution is -0.144. The standard InChI is InChI=1S/C14H17BrClNO4/c1-14(2,3)21-13(19)17-11(12(18)20-8-16)9-5-4-6-10(15)7-9/h4-7,11H,8H2,1-3H3,(H,17,19). The van der Waals surface area contributed by atoms with Gasteiger partial charge in [-0.05, 0) is 38.5 Å². The molecule has 0 heterocycles. The van der Waals surface area contributed by atoms with Crippen LogP contribution in [-0.4, -0.2) is 23.7 Å². The molecule has 0 fully saturated rings. The molecule has 0 radical (unpaired) electrons. The van der Waals surface area contributed by atoms with Gasteiger partial charge in [0, 0.05) is 4.47 Å². The fourth-order valence-electron chi connectivity index (χ4n) is 1.53. The van der Waals surface area contributed by atoms with Crippen LogP contribution in [-0.2, 0) is 14.3 Å². The highest BCUT2D eigenvalue weighted by Crippen LogP contribution is 2.20. The van der Waals surface area contributed by atoms with E-state index in [1.165, 1.54) is 0 Å². The number of hydrogen-bond acceptors (Lipinski definition) is 4. The first-order valence-electron chi connectivity index (χ1n) is 6.20. The Morgan fingerprint density at radius 3 is 2.57 bits per heavy atom. The van der Waals surface area contributed by atoms with Crippen LogP contribution in [0.5, 0.6) is 0 Å². The van der Waals surface area contributed by atoms with Crippen LogP contribution in [0.1, 0.15) is 32.4 Å². The first-order chi connectivity index (χ1) is 9.73. The number of amides is 1. The maximum absolute atomic E-state index is 12.0. The van der Waals surface area contributed by atoms with Crippen LogP contribution in [0, 0.1) is 0 Å². The molecule has 0 aliphatic heterocycles. The molecule has 0 saturated heterocycles. The van der Waals surface area contributed by atoms with Gasteiger partial charge in [0.05, 0.1) is 0 Å². The van der Waals surface area contributed by atoms with Gasteiger partial charge >= 0.3 is 12.1 Å². The molecule has 116 valence electrons. The summed E-state index contributed by atoms with van der Waals surface area (Å²) in [6, 6.07) is 5.67. The Morgan fingerprint density at radius 2 is 2.05 bits per heavy atom. The summed E-state index contributed by atoms with van der Waals surface area (Å²) in [5.74, 6) is -0.658. The first kappa shape index (κ1) is 17.8. The summed E-state index contributed by atoms with van der Waals surface area (Å²) < 4.78 is 10.7. The van der Waals surface area contributed by atoms with Crippen molar-refractivity contribution >= 4 is 39.6 Å². The summed E-state index contributed by atoms with van der Waals surface area (Å²) in [5, 5.41) is 2.49. The third-order valence-electron chi connectivity index (χ3n) is 2.28. The minimum absolute atomic E-state index is 0.292. The van der Waals surface area contributed by atoms with Gasteiger partial charge in [0.15, 0.2) is 12.1 Å². The Balaban J connectivity index is 2.93. The van der Waals surface area contributed by atoms with Gasteiger partial charge < -0.3 is 14.8 Å². The Morgan fingerprint density at radius 1 is 1.38 bits per heavy atom. The van der Waals surface area contributed by atoms with Crippen molar-refractivity contribution in [2.75, 3.05) is 6.07 Å². The van der Waals surface area contributed by atoms with Crippen molar-refractivity contribution in [3.8, 4) is 0 Å². The van der Waals surface area contributed by atoms with Crippen LogP contribution in [0.2, 0.25) is 0 Å². The number of benzene rings is 1. The highest BCUT2D eigenvalue weighted by atomic mass is 79.9. The van der Waals surface area contributed by atoms with Crippen molar-refractivity contribution in [3.63, 3.8) is 0 Å². The summed E-state index contributed by atoms with van der Waals surface area (Å²) in [6.45, 7) is 5.20. The van der Waals surface area contributed by atoms with Crippen LogP contribution in [0.4, 0.5) is 4.79 Å². The van der Waals surface area contributed by atoms with Gasteiger partial charge in [-0.15, -0.1) is 0 Å². The molecule has 1 amide bonds. The number of halogens is 2. The summed E-state index contributed by atoms with van der Waals surface area (Å²) in [4.78, 5) is 23.8. The predicted molar refractivity (Wildman–Crippen MR) is 83.1 cm³/mol. The van der Waals surface area contributed by atoms with E-state index in [4.69, 9.17) is 21.1 Å². The van der Waals surface area contributed by atoms with Gasteiger partial charge in [-0.25, -0.2) is 9.59 Å². The molecule has 1 unspecified atom stereocenters. The zero-order valence-electron chi connectivity index (χ0n) is 12.0. The highest BCUT2D eigenvalue weighted by Gasteiger charge is 2.27. The number of rotatable bonds is 4. The van der Waals surface area contributed by atoms with Crippen LogP contribution in [0.25, 0.3) is 0 Å². The normalized spacial score (nSPS) is 12.4. The van der Waals surface area contributed by atoms with Crippen LogP contribution >= 0.6 is 27.5 Å². The van der Waals surface area contributed by atoms with Crippen molar-refractivity contribution in [3.05, 3.63) is 34.3 Å². The maximum Gasteiger partial charge on any atom is 0.408 e. The maximum atomic E-state index is 12.0. The van der Waals surface area contributed by atoms with Gasteiger partial charge in [0.1, 0.15) is 5.60 Å². The molecule has 0 aliphatic carbocycles. The molecule has 1 atom stereocenters. The molecule has 1 aromatic carbocycles. The number of nitrogens with one attached hydrogen (secondary N) is 1.